The fourth-order valence-corrected chi connectivity index (χ4v) is 4.31. The molecule has 4 N–H and O–H groups in total. The van der Waals surface area contributed by atoms with Crippen molar-refractivity contribution in [3.05, 3.63) is 101 Å². The van der Waals surface area contributed by atoms with Crippen LogP contribution in [0.3, 0.4) is 0 Å². The molecule has 29 heavy (non-hydrogen) atoms. The Morgan fingerprint density at radius 3 is 2.24 bits per heavy atom. The van der Waals surface area contributed by atoms with Crippen molar-refractivity contribution in [2.75, 3.05) is 0 Å². The van der Waals surface area contributed by atoms with E-state index in [0.717, 1.165) is 21.9 Å². The molecule has 0 radical (unpaired) electrons. The lowest BCUT2D eigenvalue weighted by Crippen LogP contribution is -2.14. The van der Waals surface area contributed by atoms with Crippen LogP contribution in [0.25, 0.3) is 27.6 Å². The molecule has 0 bridgehead atoms. The fourth-order valence-electron chi connectivity index (χ4n) is 4.31. The number of amides is 2. The minimum absolute atomic E-state index is 0.0708. The summed E-state index contributed by atoms with van der Waals surface area (Å²) in [6.07, 6.45) is 4.24. The summed E-state index contributed by atoms with van der Waals surface area (Å²) in [5, 5.41) is 4.10. The van der Waals surface area contributed by atoms with Crippen LogP contribution in [0.2, 0.25) is 0 Å². The Hall–Kier alpha value is -3.92. The smallest absolute Gasteiger partial charge is 0.248 e. The second-order valence-electron chi connectivity index (χ2n) is 7.36. The summed E-state index contributed by atoms with van der Waals surface area (Å²) in [7, 11) is 0. The van der Waals surface area contributed by atoms with Crippen molar-refractivity contribution in [2.45, 2.75) is 5.92 Å². The first-order valence-corrected chi connectivity index (χ1v) is 9.40. The lowest BCUT2D eigenvalue weighted by molar-refractivity contribution is 0.0991. The summed E-state index contributed by atoms with van der Waals surface area (Å²) in [6.45, 7) is 0. The highest BCUT2D eigenvalue weighted by Crippen LogP contribution is 2.41. The van der Waals surface area contributed by atoms with Gasteiger partial charge in [0, 0.05) is 17.0 Å². The van der Waals surface area contributed by atoms with Crippen LogP contribution in [0.4, 0.5) is 0 Å². The molecule has 4 aromatic rings. The molecule has 4 heteroatoms. The van der Waals surface area contributed by atoms with Crippen LogP contribution in [0.1, 0.15) is 43.3 Å². The van der Waals surface area contributed by atoms with E-state index in [9.17, 15) is 9.59 Å². The lowest BCUT2D eigenvalue weighted by atomic mass is 9.80. The molecule has 4 aromatic carbocycles. The van der Waals surface area contributed by atoms with Gasteiger partial charge in [0.1, 0.15) is 0 Å². The van der Waals surface area contributed by atoms with E-state index in [2.05, 4.69) is 36.4 Å². The van der Waals surface area contributed by atoms with Crippen molar-refractivity contribution < 1.29 is 9.59 Å². The molecule has 0 saturated carbocycles. The second-order valence-corrected chi connectivity index (χ2v) is 7.36. The van der Waals surface area contributed by atoms with Crippen LogP contribution in [0.15, 0.2) is 72.8 Å². The minimum atomic E-state index is -0.483. The summed E-state index contributed by atoms with van der Waals surface area (Å²) < 4.78 is 0. The van der Waals surface area contributed by atoms with Crippen molar-refractivity contribution in [1.29, 1.82) is 0 Å². The van der Waals surface area contributed by atoms with Crippen LogP contribution in [0.5, 0.6) is 0 Å². The molecule has 0 spiro atoms. The fraction of sp³-hybridized carbons (Fsp3) is 0.0400. The van der Waals surface area contributed by atoms with Gasteiger partial charge in [0.15, 0.2) is 0 Å². The standard InChI is InChI=1S/C25H18N2O2/c26-24(28)17-8-7-16-11-18(25(27)29)13-22(21(16)12-17)19-10-9-15-4-1-3-14-5-2-6-20(19)23(14)15/h1-13,19H,(H2,26,28)(H2,27,29). The predicted octanol–water partition coefficient (Wildman–Crippen LogP) is 4.35. The van der Waals surface area contributed by atoms with Gasteiger partial charge in [-0.1, -0.05) is 54.6 Å². The average molecular weight is 378 g/mol. The van der Waals surface area contributed by atoms with Gasteiger partial charge in [-0.25, -0.2) is 0 Å². The molecule has 0 heterocycles. The number of fused-ring (bicyclic) bond motifs is 1. The molecule has 0 aromatic heterocycles. The maximum Gasteiger partial charge on any atom is 0.248 e. The molecule has 5 rings (SSSR count). The molecule has 140 valence electrons. The molecule has 0 saturated heterocycles. The second kappa shape index (κ2) is 6.31. The first-order valence-electron chi connectivity index (χ1n) is 9.40. The number of hydrogen-bond donors (Lipinski definition) is 2. The number of allylic oxidation sites excluding steroid dienone is 1. The average Bonchev–Trinajstić information content (AvgIpc) is 2.73. The molecular weight excluding hydrogens is 360 g/mol. The van der Waals surface area contributed by atoms with E-state index >= 15 is 0 Å². The number of carbonyl (C=O) groups excluding carboxylic acids is 2. The van der Waals surface area contributed by atoms with E-state index in [-0.39, 0.29) is 5.92 Å². The lowest BCUT2D eigenvalue weighted by Gasteiger charge is -2.23. The summed E-state index contributed by atoms with van der Waals surface area (Å²) in [5.74, 6) is -1.03. The van der Waals surface area contributed by atoms with Crippen molar-refractivity contribution >= 4 is 39.4 Å². The molecule has 1 aliphatic carbocycles. The van der Waals surface area contributed by atoms with Gasteiger partial charge in [-0.05, 0) is 62.5 Å². The molecule has 0 fully saturated rings. The topological polar surface area (TPSA) is 86.2 Å². The van der Waals surface area contributed by atoms with Crippen molar-refractivity contribution in [1.82, 2.24) is 0 Å². The monoisotopic (exact) mass is 378 g/mol. The highest BCUT2D eigenvalue weighted by atomic mass is 16.1. The van der Waals surface area contributed by atoms with Crippen molar-refractivity contribution in [2.24, 2.45) is 11.5 Å². The number of rotatable bonds is 3. The highest BCUT2D eigenvalue weighted by Gasteiger charge is 2.22. The zero-order valence-corrected chi connectivity index (χ0v) is 15.6. The zero-order chi connectivity index (χ0) is 20.1. The van der Waals surface area contributed by atoms with Gasteiger partial charge in [-0.15, -0.1) is 0 Å². The van der Waals surface area contributed by atoms with Gasteiger partial charge in [-0.3, -0.25) is 9.59 Å². The Kier molecular flexibility index (Phi) is 3.74. The van der Waals surface area contributed by atoms with Gasteiger partial charge < -0.3 is 11.5 Å². The number of primary amides is 2. The van der Waals surface area contributed by atoms with Gasteiger partial charge in [-0.2, -0.15) is 0 Å². The number of benzene rings is 4. The highest BCUT2D eigenvalue weighted by molar-refractivity contribution is 6.03. The zero-order valence-electron chi connectivity index (χ0n) is 15.6. The van der Waals surface area contributed by atoms with E-state index in [1.165, 1.54) is 16.3 Å². The number of hydrogen-bond acceptors (Lipinski definition) is 2. The van der Waals surface area contributed by atoms with Crippen LogP contribution >= 0.6 is 0 Å². The van der Waals surface area contributed by atoms with Crippen LogP contribution in [-0.4, -0.2) is 11.8 Å². The van der Waals surface area contributed by atoms with Crippen LogP contribution in [-0.2, 0) is 0 Å². The summed E-state index contributed by atoms with van der Waals surface area (Å²) in [5.41, 5.74) is 15.2. The molecule has 1 atom stereocenters. The van der Waals surface area contributed by atoms with Crippen LogP contribution < -0.4 is 11.5 Å². The maximum atomic E-state index is 12.0. The maximum absolute atomic E-state index is 12.0. The Morgan fingerprint density at radius 1 is 0.724 bits per heavy atom. The third-order valence-electron chi connectivity index (χ3n) is 5.66. The van der Waals surface area contributed by atoms with E-state index < -0.39 is 11.8 Å². The van der Waals surface area contributed by atoms with E-state index in [1.807, 2.05) is 24.3 Å². The van der Waals surface area contributed by atoms with E-state index in [4.69, 9.17) is 11.5 Å². The Labute approximate surface area is 167 Å². The summed E-state index contributed by atoms with van der Waals surface area (Å²) >= 11 is 0. The normalized spacial score (nSPS) is 15.0. The molecule has 2 amide bonds. The van der Waals surface area contributed by atoms with E-state index in [0.29, 0.717) is 11.1 Å². The van der Waals surface area contributed by atoms with Gasteiger partial charge >= 0.3 is 0 Å². The van der Waals surface area contributed by atoms with Gasteiger partial charge in [0.2, 0.25) is 11.8 Å². The van der Waals surface area contributed by atoms with Gasteiger partial charge in [0.25, 0.3) is 0 Å². The summed E-state index contributed by atoms with van der Waals surface area (Å²) in [6, 6.07) is 21.4. The molecule has 4 nitrogen and oxygen atoms in total. The van der Waals surface area contributed by atoms with Crippen molar-refractivity contribution in [3.63, 3.8) is 0 Å². The molecule has 1 aliphatic rings. The minimum Gasteiger partial charge on any atom is -0.366 e. The largest absolute Gasteiger partial charge is 0.366 e. The number of nitrogens with two attached hydrogens (primary N) is 2. The quantitative estimate of drug-likeness (QED) is 0.555. The number of carbonyl (C=O) groups is 2. The predicted molar refractivity (Wildman–Crippen MR) is 116 cm³/mol. The summed E-state index contributed by atoms with van der Waals surface area (Å²) in [4.78, 5) is 23.7. The SMILES string of the molecule is NC(=O)c1cc(C2C=Cc3cccc4cccc2c34)c2cc(C(N)=O)ccc2c1. The first kappa shape index (κ1) is 17.2. The first-order chi connectivity index (χ1) is 14.0. The molecule has 1 unspecified atom stereocenters. The molecule has 0 aliphatic heterocycles. The van der Waals surface area contributed by atoms with Crippen LogP contribution in [0, 0.1) is 0 Å². The Balaban J connectivity index is 1.84. The third kappa shape index (κ3) is 2.69. The van der Waals surface area contributed by atoms with Crippen molar-refractivity contribution in [3.8, 4) is 0 Å². The Morgan fingerprint density at radius 2 is 1.48 bits per heavy atom. The third-order valence-corrected chi connectivity index (χ3v) is 5.66. The Bertz CT molecular complexity index is 1360. The molecular formula is C25H18N2O2. The van der Waals surface area contributed by atoms with E-state index in [1.54, 1.807) is 18.2 Å². The van der Waals surface area contributed by atoms with Gasteiger partial charge in [0.05, 0.1) is 0 Å².